The number of nitrogens with zero attached hydrogens (tertiary/aromatic N) is 1. The lowest BCUT2D eigenvalue weighted by Gasteiger charge is -2.18. The fourth-order valence-corrected chi connectivity index (χ4v) is 2.85. The number of hydrogen-bond donors (Lipinski definition) is 3. The Kier molecular flexibility index (Phi) is 5.12. The first-order valence-electron chi connectivity index (χ1n) is 8.05. The van der Waals surface area contributed by atoms with Gasteiger partial charge in [0.15, 0.2) is 5.84 Å². The molecule has 0 unspecified atom stereocenters. The number of benzene rings is 3. The van der Waals surface area contributed by atoms with Crippen LogP contribution in [0.25, 0.3) is 22.3 Å². The zero-order valence-electron chi connectivity index (χ0n) is 14.3. The monoisotopic (exact) mass is 388 g/mol. The summed E-state index contributed by atoms with van der Waals surface area (Å²) in [5.74, 6) is -0.882. The molecule has 144 valence electrons. The first kappa shape index (κ1) is 19.1. The highest BCUT2D eigenvalue weighted by atomic mass is 19.4. The van der Waals surface area contributed by atoms with E-state index in [4.69, 9.17) is 10.9 Å². The molecule has 0 spiro atoms. The molecule has 0 saturated carbocycles. The average Bonchev–Trinajstić information content (AvgIpc) is 2.66. The van der Waals surface area contributed by atoms with Crippen molar-refractivity contribution in [1.82, 2.24) is 0 Å². The first-order valence-corrected chi connectivity index (χ1v) is 8.05. The third-order valence-electron chi connectivity index (χ3n) is 3.97. The number of aromatic hydroxyl groups is 1. The number of hydrogen-bond acceptors (Lipinski definition) is 4. The van der Waals surface area contributed by atoms with E-state index < -0.39 is 12.1 Å². The second-order valence-corrected chi connectivity index (χ2v) is 5.84. The highest BCUT2D eigenvalue weighted by Crippen LogP contribution is 2.39. The Balaban J connectivity index is 2.35. The summed E-state index contributed by atoms with van der Waals surface area (Å²) >= 11 is 0. The second-order valence-electron chi connectivity index (χ2n) is 5.84. The van der Waals surface area contributed by atoms with Crippen LogP contribution in [0.2, 0.25) is 0 Å². The molecule has 0 saturated heterocycles. The predicted octanol–water partition coefficient (Wildman–Crippen LogP) is 4.72. The third kappa shape index (κ3) is 4.17. The molecule has 8 heteroatoms. The number of oxime groups is 1. The lowest BCUT2D eigenvalue weighted by molar-refractivity contribution is -0.274. The van der Waals surface area contributed by atoms with Gasteiger partial charge in [-0.15, -0.1) is 13.2 Å². The standard InChI is InChI=1S/C20H15F3N2O3/c21-20(22,23)28-15-10-16(12-6-8-14(26)9-7-12)18(13-4-2-1-3-5-13)17(11-15)19(24)25-27/h1-11,26-27H,(H2,24,25). The zero-order valence-corrected chi connectivity index (χ0v) is 14.3. The van der Waals surface area contributed by atoms with Gasteiger partial charge in [-0.1, -0.05) is 47.6 Å². The molecule has 0 amide bonds. The van der Waals surface area contributed by atoms with Crippen molar-refractivity contribution in [2.75, 3.05) is 0 Å². The van der Waals surface area contributed by atoms with Gasteiger partial charge in [-0.2, -0.15) is 0 Å². The number of alkyl halides is 3. The summed E-state index contributed by atoms with van der Waals surface area (Å²) < 4.78 is 42.5. The summed E-state index contributed by atoms with van der Waals surface area (Å²) in [5.41, 5.74) is 7.79. The minimum Gasteiger partial charge on any atom is -0.508 e. The van der Waals surface area contributed by atoms with E-state index in [2.05, 4.69) is 9.89 Å². The van der Waals surface area contributed by atoms with Gasteiger partial charge in [-0.3, -0.25) is 0 Å². The normalized spacial score (nSPS) is 12.0. The van der Waals surface area contributed by atoms with Crippen molar-refractivity contribution in [3.63, 3.8) is 0 Å². The van der Waals surface area contributed by atoms with Crippen LogP contribution >= 0.6 is 0 Å². The van der Waals surface area contributed by atoms with E-state index in [9.17, 15) is 18.3 Å². The second kappa shape index (κ2) is 7.51. The van der Waals surface area contributed by atoms with Gasteiger partial charge in [-0.25, -0.2) is 0 Å². The Morgan fingerprint density at radius 3 is 2.14 bits per heavy atom. The van der Waals surface area contributed by atoms with Crippen LogP contribution in [0, 0.1) is 0 Å². The van der Waals surface area contributed by atoms with Crippen molar-refractivity contribution in [3.05, 3.63) is 72.3 Å². The molecule has 0 aliphatic heterocycles. The van der Waals surface area contributed by atoms with Crippen LogP contribution in [-0.2, 0) is 0 Å². The lowest BCUT2D eigenvalue weighted by atomic mass is 9.89. The van der Waals surface area contributed by atoms with Crippen molar-refractivity contribution in [2.45, 2.75) is 6.36 Å². The summed E-state index contributed by atoms with van der Waals surface area (Å²) in [6.45, 7) is 0. The first-order chi connectivity index (χ1) is 13.3. The summed E-state index contributed by atoms with van der Waals surface area (Å²) in [4.78, 5) is 0. The quantitative estimate of drug-likeness (QED) is 0.261. The molecular formula is C20H15F3N2O3. The number of rotatable bonds is 4. The third-order valence-corrected chi connectivity index (χ3v) is 3.97. The Morgan fingerprint density at radius 2 is 1.57 bits per heavy atom. The molecule has 3 rings (SSSR count). The van der Waals surface area contributed by atoms with Crippen LogP contribution < -0.4 is 10.5 Å². The van der Waals surface area contributed by atoms with Crippen LogP contribution in [0.4, 0.5) is 13.2 Å². The molecule has 4 N–H and O–H groups in total. The molecule has 0 aromatic heterocycles. The van der Waals surface area contributed by atoms with E-state index in [1.54, 1.807) is 42.5 Å². The van der Waals surface area contributed by atoms with Gasteiger partial charge in [-0.05, 0) is 41.0 Å². The number of halogens is 3. The Labute approximate surface area is 158 Å². The highest BCUT2D eigenvalue weighted by Gasteiger charge is 2.32. The van der Waals surface area contributed by atoms with E-state index >= 15 is 0 Å². The lowest BCUT2D eigenvalue weighted by Crippen LogP contribution is -2.19. The number of amidine groups is 1. The fourth-order valence-electron chi connectivity index (χ4n) is 2.85. The van der Waals surface area contributed by atoms with E-state index in [1.807, 2.05) is 0 Å². The Morgan fingerprint density at radius 1 is 0.929 bits per heavy atom. The molecule has 0 bridgehead atoms. The number of nitrogens with two attached hydrogens (primary N) is 1. The SMILES string of the molecule is NC(=NO)c1cc(OC(F)(F)F)cc(-c2ccc(O)cc2)c1-c1ccccc1. The molecule has 0 heterocycles. The summed E-state index contributed by atoms with van der Waals surface area (Å²) in [6.07, 6.45) is -4.91. The van der Waals surface area contributed by atoms with Gasteiger partial charge < -0.3 is 20.8 Å². The van der Waals surface area contributed by atoms with E-state index in [-0.39, 0.29) is 17.1 Å². The minimum absolute atomic E-state index is 0.00404. The van der Waals surface area contributed by atoms with Crippen molar-refractivity contribution in [3.8, 4) is 33.8 Å². The van der Waals surface area contributed by atoms with Gasteiger partial charge in [0, 0.05) is 11.1 Å². The molecule has 0 aliphatic rings. The van der Waals surface area contributed by atoms with Gasteiger partial charge >= 0.3 is 6.36 Å². The maximum atomic E-state index is 12.8. The van der Waals surface area contributed by atoms with E-state index in [0.29, 0.717) is 22.3 Å². The molecule has 3 aromatic rings. The number of phenols is 1. The molecule has 3 aromatic carbocycles. The summed E-state index contributed by atoms with van der Waals surface area (Å²) in [5, 5.41) is 21.6. The topological polar surface area (TPSA) is 88.1 Å². The molecule has 0 aliphatic carbocycles. The van der Waals surface area contributed by atoms with Crippen LogP contribution in [0.1, 0.15) is 5.56 Å². The van der Waals surface area contributed by atoms with Crippen LogP contribution in [0.5, 0.6) is 11.5 Å². The predicted molar refractivity (Wildman–Crippen MR) is 98.2 cm³/mol. The van der Waals surface area contributed by atoms with Crippen molar-refractivity contribution < 1.29 is 28.2 Å². The Hall–Kier alpha value is -3.68. The summed E-state index contributed by atoms with van der Waals surface area (Å²) in [7, 11) is 0. The maximum absolute atomic E-state index is 12.8. The van der Waals surface area contributed by atoms with E-state index in [1.165, 1.54) is 18.2 Å². The Bertz CT molecular complexity index is 1000. The van der Waals surface area contributed by atoms with Crippen LogP contribution in [-0.4, -0.2) is 22.5 Å². The van der Waals surface area contributed by atoms with E-state index in [0.717, 1.165) is 6.07 Å². The molecule has 0 atom stereocenters. The smallest absolute Gasteiger partial charge is 0.508 e. The van der Waals surface area contributed by atoms with Gasteiger partial charge in [0.1, 0.15) is 11.5 Å². The molecule has 0 radical (unpaired) electrons. The zero-order chi connectivity index (χ0) is 20.3. The highest BCUT2D eigenvalue weighted by molar-refractivity contribution is 6.07. The minimum atomic E-state index is -4.91. The number of ether oxygens (including phenoxy) is 1. The average molecular weight is 388 g/mol. The molecule has 28 heavy (non-hydrogen) atoms. The maximum Gasteiger partial charge on any atom is 0.573 e. The van der Waals surface area contributed by atoms with Crippen LogP contribution in [0.3, 0.4) is 0 Å². The largest absolute Gasteiger partial charge is 0.573 e. The summed E-state index contributed by atoms with van der Waals surface area (Å²) in [6, 6.07) is 17.0. The van der Waals surface area contributed by atoms with Crippen molar-refractivity contribution in [1.29, 1.82) is 0 Å². The number of phenolic OH excluding ortho intramolecular Hbond substituents is 1. The van der Waals surface area contributed by atoms with Gasteiger partial charge in [0.2, 0.25) is 0 Å². The van der Waals surface area contributed by atoms with Crippen molar-refractivity contribution in [2.24, 2.45) is 10.9 Å². The van der Waals surface area contributed by atoms with Gasteiger partial charge in [0.25, 0.3) is 0 Å². The fraction of sp³-hybridized carbons (Fsp3) is 0.0500. The molecule has 5 nitrogen and oxygen atoms in total. The molecule has 0 fully saturated rings. The molecular weight excluding hydrogens is 373 g/mol. The van der Waals surface area contributed by atoms with Crippen molar-refractivity contribution >= 4 is 5.84 Å². The van der Waals surface area contributed by atoms with Crippen LogP contribution in [0.15, 0.2) is 71.9 Å². The van der Waals surface area contributed by atoms with Gasteiger partial charge in [0.05, 0.1) is 0 Å².